The van der Waals surface area contributed by atoms with Crippen molar-refractivity contribution in [3.05, 3.63) is 101 Å². The second-order valence-corrected chi connectivity index (χ2v) is 6.05. The first-order valence-electron chi connectivity index (χ1n) is 8.57. The Morgan fingerprint density at radius 2 is 1.40 bits per heavy atom. The largest absolute Gasteiger partial charge is 0.493 e. The van der Waals surface area contributed by atoms with Gasteiger partial charge in [0.25, 0.3) is 0 Å². The molecule has 0 saturated heterocycles. The summed E-state index contributed by atoms with van der Waals surface area (Å²) < 4.78 is 5.72. The van der Waals surface area contributed by atoms with Crippen LogP contribution in [0.15, 0.2) is 66.7 Å². The first kappa shape index (κ1) is 15.5. The van der Waals surface area contributed by atoms with Gasteiger partial charge in [0.2, 0.25) is 0 Å². The van der Waals surface area contributed by atoms with Crippen LogP contribution in [0, 0.1) is 6.07 Å². The van der Waals surface area contributed by atoms with Crippen molar-refractivity contribution in [1.29, 1.82) is 0 Å². The fraction of sp³-hybridized carbons (Fsp3) is 0.0833. The Kier molecular flexibility index (Phi) is 4.47. The van der Waals surface area contributed by atoms with Crippen molar-refractivity contribution in [2.75, 3.05) is 6.61 Å². The lowest BCUT2D eigenvalue weighted by atomic mass is 9.97. The van der Waals surface area contributed by atoms with Gasteiger partial charge in [-0.3, -0.25) is 0 Å². The van der Waals surface area contributed by atoms with E-state index in [4.69, 9.17) is 4.74 Å². The van der Waals surface area contributed by atoms with Crippen LogP contribution in [0.4, 0.5) is 0 Å². The first-order valence-corrected chi connectivity index (χ1v) is 8.57. The molecule has 25 heavy (non-hydrogen) atoms. The van der Waals surface area contributed by atoms with Crippen molar-refractivity contribution in [2.45, 2.75) is 6.42 Å². The quantitative estimate of drug-likeness (QED) is 0.554. The fourth-order valence-corrected chi connectivity index (χ4v) is 3.07. The molecule has 0 fully saturated rings. The summed E-state index contributed by atoms with van der Waals surface area (Å²) in [5.41, 5.74) is 5.95. The van der Waals surface area contributed by atoms with Crippen LogP contribution in [0.2, 0.25) is 0 Å². The Morgan fingerprint density at radius 1 is 0.760 bits per heavy atom. The Bertz CT molecular complexity index is 906. The molecular formula is C24H19O. The topological polar surface area (TPSA) is 9.23 Å². The molecule has 121 valence electrons. The molecule has 0 unspecified atom stereocenters. The normalized spacial score (nSPS) is 13.3. The monoisotopic (exact) mass is 323 g/mol. The molecule has 0 saturated carbocycles. The highest BCUT2D eigenvalue weighted by Crippen LogP contribution is 2.32. The Labute approximate surface area is 148 Å². The molecule has 1 nitrogen and oxygen atoms in total. The number of ether oxygens (including phenoxy) is 1. The van der Waals surface area contributed by atoms with Crippen LogP contribution in [0.5, 0.6) is 5.75 Å². The Morgan fingerprint density at radius 3 is 2.08 bits per heavy atom. The molecule has 0 spiro atoms. The van der Waals surface area contributed by atoms with E-state index in [-0.39, 0.29) is 0 Å². The molecule has 0 N–H and O–H groups in total. The predicted octanol–water partition coefficient (Wildman–Crippen LogP) is 5.76. The van der Waals surface area contributed by atoms with Crippen molar-refractivity contribution < 1.29 is 4.74 Å². The van der Waals surface area contributed by atoms with Crippen LogP contribution in [0.3, 0.4) is 0 Å². The van der Waals surface area contributed by atoms with E-state index in [1.165, 1.54) is 22.3 Å². The number of hydrogen-bond donors (Lipinski definition) is 0. The molecule has 1 aliphatic rings. The van der Waals surface area contributed by atoms with Gasteiger partial charge in [-0.25, -0.2) is 0 Å². The molecule has 0 atom stereocenters. The van der Waals surface area contributed by atoms with E-state index in [0.717, 1.165) is 24.3 Å². The zero-order valence-electron chi connectivity index (χ0n) is 14.0. The van der Waals surface area contributed by atoms with Crippen LogP contribution < -0.4 is 4.74 Å². The summed E-state index contributed by atoms with van der Waals surface area (Å²) in [7, 11) is 0. The van der Waals surface area contributed by atoms with Gasteiger partial charge in [0.15, 0.2) is 0 Å². The Balaban J connectivity index is 1.72. The van der Waals surface area contributed by atoms with Crippen LogP contribution >= 0.6 is 0 Å². The lowest BCUT2D eigenvalue weighted by Crippen LogP contribution is -1.89. The average Bonchev–Trinajstić information content (AvgIpc) is 3.15. The van der Waals surface area contributed by atoms with Crippen LogP contribution in [0.1, 0.15) is 27.8 Å². The second kappa shape index (κ2) is 7.23. The third-order valence-corrected chi connectivity index (χ3v) is 4.37. The SMILES string of the molecule is [c]1cc2c(c(C=Cc3ccccc3)c1C=Cc1ccccc1)CCO2. The summed E-state index contributed by atoms with van der Waals surface area (Å²) >= 11 is 0. The van der Waals surface area contributed by atoms with Gasteiger partial charge >= 0.3 is 0 Å². The average molecular weight is 323 g/mol. The minimum absolute atomic E-state index is 0.751. The summed E-state index contributed by atoms with van der Waals surface area (Å²) in [5.74, 6) is 0.963. The highest BCUT2D eigenvalue weighted by atomic mass is 16.5. The highest BCUT2D eigenvalue weighted by Gasteiger charge is 2.17. The smallest absolute Gasteiger partial charge is 0.123 e. The number of rotatable bonds is 4. The maximum absolute atomic E-state index is 5.72. The van der Waals surface area contributed by atoms with Gasteiger partial charge in [0.1, 0.15) is 5.75 Å². The zero-order valence-corrected chi connectivity index (χ0v) is 14.0. The van der Waals surface area contributed by atoms with Crippen LogP contribution in [-0.2, 0) is 6.42 Å². The van der Waals surface area contributed by atoms with Gasteiger partial charge in [-0.2, -0.15) is 0 Å². The molecule has 0 bridgehead atoms. The molecule has 0 aliphatic carbocycles. The predicted molar refractivity (Wildman–Crippen MR) is 105 cm³/mol. The molecule has 4 rings (SSSR count). The zero-order chi connectivity index (χ0) is 16.9. The van der Waals surface area contributed by atoms with Crippen molar-refractivity contribution >= 4 is 24.3 Å². The lowest BCUT2D eigenvalue weighted by Gasteiger charge is -2.07. The van der Waals surface area contributed by atoms with Crippen molar-refractivity contribution in [3.63, 3.8) is 0 Å². The van der Waals surface area contributed by atoms with Gasteiger partial charge < -0.3 is 4.74 Å². The molecule has 1 radical (unpaired) electrons. The number of fused-ring (bicyclic) bond motifs is 1. The maximum Gasteiger partial charge on any atom is 0.123 e. The molecule has 3 aromatic rings. The molecule has 1 aliphatic heterocycles. The molecule has 0 aromatic heterocycles. The molecular weight excluding hydrogens is 304 g/mol. The van der Waals surface area contributed by atoms with Gasteiger partial charge in [0.05, 0.1) is 6.61 Å². The van der Waals surface area contributed by atoms with Gasteiger partial charge in [-0.15, -0.1) is 0 Å². The van der Waals surface area contributed by atoms with E-state index in [0.29, 0.717) is 0 Å². The van der Waals surface area contributed by atoms with Crippen LogP contribution in [0.25, 0.3) is 24.3 Å². The third kappa shape index (κ3) is 3.56. The molecule has 1 heterocycles. The highest BCUT2D eigenvalue weighted by molar-refractivity contribution is 5.81. The van der Waals surface area contributed by atoms with Crippen molar-refractivity contribution in [2.24, 2.45) is 0 Å². The van der Waals surface area contributed by atoms with Crippen LogP contribution in [-0.4, -0.2) is 6.61 Å². The molecule has 3 aromatic carbocycles. The molecule has 1 heteroatoms. The van der Waals surface area contributed by atoms with E-state index in [2.05, 4.69) is 78.9 Å². The summed E-state index contributed by atoms with van der Waals surface area (Å²) in [5, 5.41) is 0. The van der Waals surface area contributed by atoms with Crippen molar-refractivity contribution in [3.8, 4) is 5.75 Å². The fourth-order valence-electron chi connectivity index (χ4n) is 3.07. The van der Waals surface area contributed by atoms with E-state index < -0.39 is 0 Å². The summed E-state index contributed by atoms with van der Waals surface area (Å²) in [6.07, 6.45) is 9.56. The minimum Gasteiger partial charge on any atom is -0.493 e. The standard InChI is InChI=1S/C24H19O/c1-3-7-19(8-4-1)11-13-21-14-16-24-23(17-18-25-24)22(21)15-12-20-9-5-2-6-10-20/h1-13,15-16H,17-18H2. The summed E-state index contributed by atoms with van der Waals surface area (Å²) in [4.78, 5) is 0. The second-order valence-electron chi connectivity index (χ2n) is 6.05. The first-order chi connectivity index (χ1) is 12.4. The van der Waals surface area contributed by atoms with Crippen molar-refractivity contribution in [1.82, 2.24) is 0 Å². The van der Waals surface area contributed by atoms with E-state index in [1.807, 2.05) is 18.2 Å². The number of benzene rings is 3. The van der Waals surface area contributed by atoms with Gasteiger partial charge in [0, 0.05) is 12.0 Å². The van der Waals surface area contributed by atoms with E-state index >= 15 is 0 Å². The summed E-state index contributed by atoms with van der Waals surface area (Å²) in [6, 6.07) is 26.1. The van der Waals surface area contributed by atoms with Gasteiger partial charge in [-0.05, 0) is 34.4 Å². The third-order valence-electron chi connectivity index (χ3n) is 4.37. The molecule has 0 amide bonds. The van der Waals surface area contributed by atoms with Gasteiger partial charge in [-0.1, -0.05) is 85.0 Å². The lowest BCUT2D eigenvalue weighted by molar-refractivity contribution is 0.356. The summed E-state index contributed by atoms with van der Waals surface area (Å²) in [6.45, 7) is 0.751. The number of hydrogen-bond acceptors (Lipinski definition) is 1. The van der Waals surface area contributed by atoms with E-state index in [9.17, 15) is 0 Å². The minimum atomic E-state index is 0.751. The van der Waals surface area contributed by atoms with E-state index in [1.54, 1.807) is 0 Å². The Hall–Kier alpha value is -3.06. The maximum atomic E-state index is 5.72.